The third-order valence-corrected chi connectivity index (χ3v) is 11.9. The predicted molar refractivity (Wildman–Crippen MR) is 202 cm³/mol. The molecule has 0 radical (unpaired) electrons. The number of anilines is 3. The lowest BCUT2D eigenvalue weighted by Crippen LogP contribution is -2.18. The highest BCUT2D eigenvalue weighted by atomic mass is 32.1. The van der Waals surface area contributed by atoms with Crippen LogP contribution in [0.1, 0.15) is 0 Å². The molecule has 0 N–H and O–H groups in total. The summed E-state index contributed by atoms with van der Waals surface area (Å²) in [7, 11) is 0. The second kappa shape index (κ2) is 9.46. The Morgan fingerprint density at radius 3 is 2.02 bits per heavy atom. The third-order valence-electron chi connectivity index (χ3n) is 9.61. The van der Waals surface area contributed by atoms with Crippen molar-refractivity contribution in [1.29, 1.82) is 0 Å². The lowest BCUT2D eigenvalue weighted by molar-refractivity contribution is 1.12. The quantitative estimate of drug-likeness (QED) is 0.190. The van der Waals surface area contributed by atoms with Crippen LogP contribution in [-0.2, 0) is 0 Å². The van der Waals surface area contributed by atoms with Gasteiger partial charge in [0.2, 0.25) is 5.95 Å². The van der Waals surface area contributed by atoms with Gasteiger partial charge < -0.3 is 0 Å². The number of nitrogens with zero attached hydrogens (tertiary/aromatic N) is 3. The van der Waals surface area contributed by atoms with Gasteiger partial charge in [0.15, 0.2) is 0 Å². The maximum atomic E-state index is 5.60. The van der Waals surface area contributed by atoms with Crippen LogP contribution in [0.15, 0.2) is 140 Å². The maximum absolute atomic E-state index is 5.60. The predicted octanol–water partition coefficient (Wildman–Crippen LogP) is 12.6. The standard InChI is InChI=1S/C42H23N3S2/c1-2-13-26-24(10-1)22-23-32-37(26)29-16-7-11-25-12-8-18-31(36(25)29)45(32)42-43-39-28-15-4-6-20-34(28)47-41(39)40(44-42)30-17-9-21-35-38(30)27-14-3-5-19-33(27)46-35/h1-23H. The molecule has 3 aromatic heterocycles. The molecule has 1 aliphatic heterocycles. The van der Waals surface area contributed by atoms with Crippen LogP contribution in [0.5, 0.6) is 0 Å². The molecule has 0 atom stereocenters. The van der Waals surface area contributed by atoms with Gasteiger partial charge in [-0.25, -0.2) is 9.97 Å². The normalized spacial score (nSPS) is 12.6. The first-order valence-corrected chi connectivity index (χ1v) is 17.4. The van der Waals surface area contributed by atoms with Crippen molar-refractivity contribution in [2.75, 3.05) is 4.90 Å². The van der Waals surface area contributed by atoms with Crippen molar-refractivity contribution in [2.45, 2.75) is 0 Å². The van der Waals surface area contributed by atoms with Crippen LogP contribution in [0.25, 0.3) is 84.4 Å². The minimum atomic E-state index is 0.686. The fourth-order valence-corrected chi connectivity index (χ4v) is 9.90. The zero-order valence-corrected chi connectivity index (χ0v) is 26.6. The van der Waals surface area contributed by atoms with Crippen LogP contribution >= 0.6 is 22.7 Å². The summed E-state index contributed by atoms with van der Waals surface area (Å²) in [6, 6.07) is 50.4. The summed E-state index contributed by atoms with van der Waals surface area (Å²) in [6.07, 6.45) is 0. The van der Waals surface area contributed by atoms with E-state index in [0.29, 0.717) is 5.95 Å². The Morgan fingerprint density at radius 2 is 1.13 bits per heavy atom. The average molecular weight is 634 g/mol. The summed E-state index contributed by atoms with van der Waals surface area (Å²) < 4.78 is 4.89. The number of fused-ring (bicyclic) bond motifs is 10. The molecule has 4 heterocycles. The van der Waals surface area contributed by atoms with E-state index in [9.17, 15) is 0 Å². The number of thiophene rings is 2. The van der Waals surface area contributed by atoms with E-state index in [1.807, 2.05) is 11.3 Å². The fraction of sp³-hybridized carbons (Fsp3) is 0. The lowest BCUT2D eigenvalue weighted by Gasteiger charge is -2.33. The molecule has 5 heteroatoms. The van der Waals surface area contributed by atoms with E-state index in [-0.39, 0.29) is 0 Å². The van der Waals surface area contributed by atoms with Gasteiger partial charge >= 0.3 is 0 Å². The first-order valence-electron chi connectivity index (χ1n) is 15.8. The summed E-state index contributed by atoms with van der Waals surface area (Å²) in [5.41, 5.74) is 7.79. The van der Waals surface area contributed by atoms with Gasteiger partial charge in [0, 0.05) is 46.8 Å². The van der Waals surface area contributed by atoms with Crippen LogP contribution in [0.4, 0.5) is 17.3 Å². The van der Waals surface area contributed by atoms with Crippen molar-refractivity contribution in [1.82, 2.24) is 9.97 Å². The maximum Gasteiger partial charge on any atom is 0.235 e. The van der Waals surface area contributed by atoms with Crippen molar-refractivity contribution in [3.8, 4) is 22.4 Å². The SMILES string of the molecule is c1ccc2c3c(ccc2c1)N(c1nc(-c2cccc4sc5ccccc5c24)c2sc4ccccc4c2n1)c1cccc2cccc-3c12. The zero-order chi connectivity index (χ0) is 30.6. The highest BCUT2D eigenvalue weighted by Gasteiger charge is 2.30. The molecule has 0 spiro atoms. The highest BCUT2D eigenvalue weighted by molar-refractivity contribution is 7.26. The van der Waals surface area contributed by atoms with Gasteiger partial charge in [-0.05, 0) is 52.1 Å². The molecule has 0 aliphatic carbocycles. The van der Waals surface area contributed by atoms with Crippen LogP contribution in [0.2, 0.25) is 0 Å². The number of aromatic nitrogens is 2. The molecule has 3 nitrogen and oxygen atoms in total. The molecule has 10 aromatic rings. The fourth-order valence-electron chi connectivity index (χ4n) is 7.62. The Morgan fingerprint density at radius 1 is 0.447 bits per heavy atom. The third kappa shape index (κ3) is 3.50. The van der Waals surface area contributed by atoms with E-state index in [2.05, 4.69) is 144 Å². The molecule has 0 fully saturated rings. The monoisotopic (exact) mass is 633 g/mol. The van der Waals surface area contributed by atoms with Crippen LogP contribution < -0.4 is 4.90 Å². The van der Waals surface area contributed by atoms with Gasteiger partial charge in [0.05, 0.1) is 27.3 Å². The minimum Gasteiger partial charge on any atom is -0.278 e. The van der Waals surface area contributed by atoms with Gasteiger partial charge in [-0.2, -0.15) is 0 Å². The zero-order valence-electron chi connectivity index (χ0n) is 24.9. The van der Waals surface area contributed by atoms with Crippen molar-refractivity contribution >= 4 is 102 Å². The average Bonchev–Trinajstić information content (AvgIpc) is 3.70. The molecule has 0 saturated heterocycles. The van der Waals surface area contributed by atoms with Gasteiger partial charge in [-0.1, -0.05) is 109 Å². The first kappa shape index (κ1) is 25.6. The molecule has 11 rings (SSSR count). The smallest absolute Gasteiger partial charge is 0.235 e. The van der Waals surface area contributed by atoms with Gasteiger partial charge in [-0.15, -0.1) is 22.7 Å². The molecule has 7 aromatic carbocycles. The van der Waals surface area contributed by atoms with E-state index in [1.54, 1.807) is 11.3 Å². The highest BCUT2D eigenvalue weighted by Crippen LogP contribution is 2.53. The van der Waals surface area contributed by atoms with E-state index in [4.69, 9.17) is 9.97 Å². The van der Waals surface area contributed by atoms with Crippen molar-refractivity contribution in [3.05, 3.63) is 140 Å². The molecular formula is C42H23N3S2. The summed E-state index contributed by atoms with van der Waals surface area (Å²) >= 11 is 3.63. The Hall–Kier alpha value is -5.62. The lowest BCUT2D eigenvalue weighted by atomic mass is 9.88. The molecular weight excluding hydrogens is 611 g/mol. The molecule has 47 heavy (non-hydrogen) atoms. The van der Waals surface area contributed by atoms with Crippen molar-refractivity contribution in [3.63, 3.8) is 0 Å². The van der Waals surface area contributed by atoms with Gasteiger partial charge in [-0.3, -0.25) is 4.90 Å². The topological polar surface area (TPSA) is 29.0 Å². The van der Waals surface area contributed by atoms with Crippen LogP contribution in [-0.4, -0.2) is 9.97 Å². The molecule has 0 bridgehead atoms. The van der Waals surface area contributed by atoms with Gasteiger partial charge in [0.25, 0.3) is 0 Å². The Kier molecular flexibility index (Phi) is 5.14. The summed E-state index contributed by atoms with van der Waals surface area (Å²) in [5.74, 6) is 0.686. The number of benzene rings is 7. The number of rotatable bonds is 2. The molecule has 0 unspecified atom stereocenters. The second-order valence-electron chi connectivity index (χ2n) is 12.1. The largest absolute Gasteiger partial charge is 0.278 e. The molecule has 218 valence electrons. The minimum absolute atomic E-state index is 0.686. The van der Waals surface area contributed by atoms with Crippen LogP contribution in [0, 0.1) is 0 Å². The molecule has 1 aliphatic rings. The number of hydrogen-bond donors (Lipinski definition) is 0. The first-order chi connectivity index (χ1) is 23.3. The Bertz CT molecular complexity index is 2930. The van der Waals surface area contributed by atoms with E-state index in [1.165, 1.54) is 57.5 Å². The molecule has 0 amide bonds. The van der Waals surface area contributed by atoms with E-state index in [0.717, 1.165) is 38.2 Å². The second-order valence-corrected chi connectivity index (χ2v) is 14.3. The Balaban J connectivity index is 1.30. The number of hydrogen-bond acceptors (Lipinski definition) is 5. The van der Waals surface area contributed by atoms with Gasteiger partial charge in [0.1, 0.15) is 0 Å². The van der Waals surface area contributed by atoms with E-state index >= 15 is 0 Å². The molecule has 0 saturated carbocycles. The Labute approximate surface area is 277 Å². The van der Waals surface area contributed by atoms with E-state index < -0.39 is 0 Å². The van der Waals surface area contributed by atoms with Crippen molar-refractivity contribution < 1.29 is 0 Å². The summed E-state index contributed by atoms with van der Waals surface area (Å²) in [6.45, 7) is 0. The summed E-state index contributed by atoms with van der Waals surface area (Å²) in [4.78, 5) is 13.4. The van der Waals surface area contributed by atoms with Crippen LogP contribution in [0.3, 0.4) is 0 Å². The van der Waals surface area contributed by atoms with Crippen molar-refractivity contribution in [2.24, 2.45) is 0 Å². The summed E-state index contributed by atoms with van der Waals surface area (Å²) in [5, 5.41) is 8.58.